The summed E-state index contributed by atoms with van der Waals surface area (Å²) in [6, 6.07) is 17.1. The summed E-state index contributed by atoms with van der Waals surface area (Å²) in [4.78, 5) is 22.1. The van der Waals surface area contributed by atoms with Gasteiger partial charge in [0, 0.05) is 71.0 Å². The van der Waals surface area contributed by atoms with Gasteiger partial charge in [-0.05, 0) is 29.3 Å². The van der Waals surface area contributed by atoms with Gasteiger partial charge in [0.05, 0.1) is 13.2 Å². The molecule has 0 atom stereocenters. The van der Waals surface area contributed by atoms with Crippen molar-refractivity contribution in [1.29, 1.82) is 0 Å². The SMILES string of the molecule is O=C(CN1CCN(Cc2ccc3c(c2)CCO3)CC1)N1CCN(c2ccccc2)CC1. The van der Waals surface area contributed by atoms with E-state index in [2.05, 4.69) is 57.2 Å². The van der Waals surface area contributed by atoms with E-state index in [-0.39, 0.29) is 5.91 Å². The second kappa shape index (κ2) is 9.28. The van der Waals surface area contributed by atoms with Gasteiger partial charge in [-0.25, -0.2) is 0 Å². The molecule has 3 aliphatic heterocycles. The summed E-state index contributed by atoms with van der Waals surface area (Å²) in [7, 11) is 0. The monoisotopic (exact) mass is 420 g/mol. The largest absolute Gasteiger partial charge is 0.493 e. The van der Waals surface area contributed by atoms with Gasteiger partial charge in [-0.3, -0.25) is 14.6 Å². The molecule has 5 rings (SSSR count). The third-order valence-electron chi connectivity index (χ3n) is 6.74. The average molecular weight is 421 g/mol. The van der Waals surface area contributed by atoms with Gasteiger partial charge in [0.25, 0.3) is 0 Å². The van der Waals surface area contributed by atoms with Crippen LogP contribution in [-0.4, -0.2) is 86.1 Å². The molecule has 3 aliphatic rings. The number of fused-ring (bicyclic) bond motifs is 1. The first-order valence-corrected chi connectivity index (χ1v) is 11.5. The summed E-state index contributed by atoms with van der Waals surface area (Å²) in [5.74, 6) is 1.33. The van der Waals surface area contributed by atoms with E-state index in [1.807, 2.05) is 11.0 Å². The molecule has 2 aromatic rings. The molecule has 1 amide bonds. The second-order valence-corrected chi connectivity index (χ2v) is 8.80. The lowest BCUT2D eigenvalue weighted by Crippen LogP contribution is -2.53. The molecule has 0 spiro atoms. The van der Waals surface area contributed by atoms with Gasteiger partial charge in [0.2, 0.25) is 5.91 Å². The third-order valence-corrected chi connectivity index (χ3v) is 6.74. The molecule has 0 saturated carbocycles. The number of amides is 1. The molecule has 0 aliphatic carbocycles. The first kappa shape index (κ1) is 20.3. The summed E-state index contributed by atoms with van der Waals surface area (Å²) >= 11 is 0. The number of ether oxygens (including phenoxy) is 1. The molecule has 31 heavy (non-hydrogen) atoms. The molecule has 0 aromatic heterocycles. The number of piperazine rings is 2. The molecule has 2 aromatic carbocycles. The Balaban J connectivity index is 1.05. The average Bonchev–Trinajstić information content (AvgIpc) is 3.29. The summed E-state index contributed by atoms with van der Waals surface area (Å²) in [5.41, 5.74) is 3.96. The molecule has 2 fully saturated rings. The number of para-hydroxylation sites is 1. The Morgan fingerprint density at radius 2 is 1.58 bits per heavy atom. The van der Waals surface area contributed by atoms with Crippen LogP contribution in [0.1, 0.15) is 11.1 Å². The highest BCUT2D eigenvalue weighted by atomic mass is 16.5. The Labute approximate surface area is 185 Å². The zero-order valence-electron chi connectivity index (χ0n) is 18.2. The van der Waals surface area contributed by atoms with E-state index >= 15 is 0 Å². The lowest BCUT2D eigenvalue weighted by molar-refractivity contribution is -0.133. The topological polar surface area (TPSA) is 39.3 Å². The Morgan fingerprint density at radius 1 is 0.839 bits per heavy atom. The molecular weight excluding hydrogens is 388 g/mol. The highest BCUT2D eigenvalue weighted by Gasteiger charge is 2.25. The molecular formula is C25H32N4O2. The van der Waals surface area contributed by atoms with Crippen molar-refractivity contribution in [2.75, 3.05) is 70.4 Å². The van der Waals surface area contributed by atoms with Crippen LogP contribution in [-0.2, 0) is 17.8 Å². The molecule has 0 unspecified atom stereocenters. The predicted octanol–water partition coefficient (Wildman–Crippen LogP) is 2.09. The number of hydrogen-bond donors (Lipinski definition) is 0. The van der Waals surface area contributed by atoms with E-state index in [1.54, 1.807) is 0 Å². The molecule has 2 saturated heterocycles. The lowest BCUT2D eigenvalue weighted by atomic mass is 10.1. The van der Waals surface area contributed by atoms with E-state index in [0.29, 0.717) is 6.54 Å². The zero-order valence-corrected chi connectivity index (χ0v) is 18.2. The Morgan fingerprint density at radius 3 is 2.35 bits per heavy atom. The summed E-state index contributed by atoms with van der Waals surface area (Å²) in [6.45, 7) is 9.76. The number of hydrogen-bond acceptors (Lipinski definition) is 5. The standard InChI is InChI=1S/C25H32N4O2/c30-25(29-15-13-28(14-16-29)23-4-2-1-3-5-23)20-27-11-9-26(10-12-27)19-21-6-7-24-22(18-21)8-17-31-24/h1-7,18H,8-17,19-20H2. The normalized spacial score (nSPS) is 19.9. The number of anilines is 1. The maximum atomic E-state index is 12.8. The van der Waals surface area contributed by atoms with Crippen molar-refractivity contribution in [3.8, 4) is 5.75 Å². The maximum absolute atomic E-state index is 12.8. The minimum atomic E-state index is 0.278. The van der Waals surface area contributed by atoms with Crippen molar-refractivity contribution in [3.05, 3.63) is 59.7 Å². The van der Waals surface area contributed by atoms with E-state index in [1.165, 1.54) is 16.8 Å². The molecule has 0 radical (unpaired) electrons. The first-order valence-electron chi connectivity index (χ1n) is 11.5. The van der Waals surface area contributed by atoms with Crippen molar-refractivity contribution >= 4 is 11.6 Å². The minimum absolute atomic E-state index is 0.278. The third kappa shape index (κ3) is 4.86. The quantitative estimate of drug-likeness (QED) is 0.741. The van der Waals surface area contributed by atoms with Gasteiger partial charge in [-0.2, -0.15) is 0 Å². The lowest BCUT2D eigenvalue weighted by Gasteiger charge is -2.38. The van der Waals surface area contributed by atoms with E-state index in [0.717, 1.165) is 77.7 Å². The van der Waals surface area contributed by atoms with Crippen molar-refractivity contribution < 1.29 is 9.53 Å². The van der Waals surface area contributed by atoms with Crippen LogP contribution in [0, 0.1) is 0 Å². The van der Waals surface area contributed by atoms with Crippen LogP contribution in [0.15, 0.2) is 48.5 Å². The van der Waals surface area contributed by atoms with Crippen LogP contribution in [0.4, 0.5) is 5.69 Å². The van der Waals surface area contributed by atoms with Crippen molar-refractivity contribution in [2.24, 2.45) is 0 Å². The number of carbonyl (C=O) groups is 1. The second-order valence-electron chi connectivity index (χ2n) is 8.80. The predicted molar refractivity (Wildman–Crippen MR) is 123 cm³/mol. The van der Waals surface area contributed by atoms with Crippen LogP contribution in [0.25, 0.3) is 0 Å². The minimum Gasteiger partial charge on any atom is -0.493 e. The summed E-state index contributed by atoms with van der Waals surface area (Å²) in [5, 5.41) is 0. The first-order chi connectivity index (χ1) is 15.2. The molecule has 3 heterocycles. The maximum Gasteiger partial charge on any atom is 0.236 e. The fraction of sp³-hybridized carbons (Fsp3) is 0.480. The van der Waals surface area contributed by atoms with Crippen LogP contribution in [0.5, 0.6) is 5.75 Å². The number of nitrogens with zero attached hydrogens (tertiary/aromatic N) is 4. The Kier molecular flexibility index (Phi) is 6.09. The molecule has 6 nitrogen and oxygen atoms in total. The van der Waals surface area contributed by atoms with Crippen LogP contribution in [0.3, 0.4) is 0 Å². The van der Waals surface area contributed by atoms with Gasteiger partial charge >= 0.3 is 0 Å². The van der Waals surface area contributed by atoms with Gasteiger partial charge in [-0.15, -0.1) is 0 Å². The summed E-state index contributed by atoms with van der Waals surface area (Å²) in [6.07, 6.45) is 1.03. The molecule has 0 N–H and O–H groups in total. The molecule has 0 bridgehead atoms. The smallest absolute Gasteiger partial charge is 0.236 e. The Hall–Kier alpha value is -2.57. The highest BCUT2D eigenvalue weighted by Crippen LogP contribution is 2.26. The van der Waals surface area contributed by atoms with Gasteiger partial charge in [0.1, 0.15) is 5.75 Å². The van der Waals surface area contributed by atoms with Crippen LogP contribution < -0.4 is 9.64 Å². The van der Waals surface area contributed by atoms with Gasteiger partial charge in [-0.1, -0.05) is 30.3 Å². The number of carbonyl (C=O) groups excluding carboxylic acids is 1. The highest BCUT2D eigenvalue weighted by molar-refractivity contribution is 5.78. The van der Waals surface area contributed by atoms with Crippen molar-refractivity contribution in [3.63, 3.8) is 0 Å². The van der Waals surface area contributed by atoms with E-state index < -0.39 is 0 Å². The fourth-order valence-corrected chi connectivity index (χ4v) is 4.85. The number of rotatable bonds is 5. The van der Waals surface area contributed by atoms with Crippen molar-refractivity contribution in [2.45, 2.75) is 13.0 Å². The summed E-state index contributed by atoms with van der Waals surface area (Å²) < 4.78 is 5.61. The van der Waals surface area contributed by atoms with Gasteiger partial charge in [0.15, 0.2) is 0 Å². The van der Waals surface area contributed by atoms with E-state index in [4.69, 9.17) is 4.74 Å². The fourth-order valence-electron chi connectivity index (χ4n) is 4.85. The van der Waals surface area contributed by atoms with Crippen LogP contribution >= 0.6 is 0 Å². The van der Waals surface area contributed by atoms with Gasteiger partial charge < -0.3 is 14.5 Å². The van der Waals surface area contributed by atoms with Crippen LogP contribution in [0.2, 0.25) is 0 Å². The zero-order chi connectivity index (χ0) is 21.0. The molecule has 6 heteroatoms. The Bertz CT molecular complexity index is 888. The van der Waals surface area contributed by atoms with Crippen molar-refractivity contribution in [1.82, 2.24) is 14.7 Å². The van der Waals surface area contributed by atoms with E-state index in [9.17, 15) is 4.79 Å². The molecule has 164 valence electrons. The number of benzene rings is 2.